The first-order valence-electron chi connectivity index (χ1n) is 21.9. The van der Waals surface area contributed by atoms with Crippen LogP contribution in [0.2, 0.25) is 0 Å². The predicted molar refractivity (Wildman–Crippen MR) is 237 cm³/mol. The summed E-state index contributed by atoms with van der Waals surface area (Å²) < 4.78 is 5.94. The molecule has 4 aromatic rings. The zero-order valence-corrected chi connectivity index (χ0v) is 35.1. The van der Waals surface area contributed by atoms with E-state index in [0.29, 0.717) is 59.6 Å². The molecule has 62 heavy (non-hydrogen) atoms. The van der Waals surface area contributed by atoms with Crippen molar-refractivity contribution < 1.29 is 23.9 Å². The number of fused-ring (bicyclic) bond motifs is 1. The van der Waals surface area contributed by atoms with E-state index in [1.54, 1.807) is 4.90 Å². The number of imide groups is 1. The van der Waals surface area contributed by atoms with Gasteiger partial charge >= 0.3 is 0 Å². The van der Waals surface area contributed by atoms with E-state index in [4.69, 9.17) is 15.9 Å². The molecule has 4 aliphatic rings. The highest BCUT2D eigenvalue weighted by Crippen LogP contribution is 2.34. The summed E-state index contributed by atoms with van der Waals surface area (Å²) in [7, 11) is 0. The highest BCUT2D eigenvalue weighted by molar-refractivity contribution is 6.16. The van der Waals surface area contributed by atoms with Crippen LogP contribution in [0.4, 0.5) is 17.3 Å². The van der Waals surface area contributed by atoms with E-state index in [9.17, 15) is 19.2 Å². The molecule has 4 amide bonds. The van der Waals surface area contributed by atoms with E-state index in [2.05, 4.69) is 41.8 Å². The SMILES string of the molecule is N=C(c1ccc(Oc2ccccc2)cc1)c1c(N)ncnc1NC1CCN(CCC(CCNC=O)CC2CCN(c3ccc4c(c3)CN(C3CCC(=O)NC3=O)C4=O)CC2)CC1. The van der Waals surface area contributed by atoms with Crippen molar-refractivity contribution in [2.45, 2.75) is 76.4 Å². The van der Waals surface area contributed by atoms with Crippen LogP contribution in [0.5, 0.6) is 11.5 Å². The minimum atomic E-state index is -0.616. The van der Waals surface area contributed by atoms with Crippen molar-refractivity contribution in [3.8, 4) is 11.5 Å². The van der Waals surface area contributed by atoms with Gasteiger partial charge in [0.25, 0.3) is 5.91 Å². The number of likely N-dealkylation sites (tertiary alicyclic amines) is 1. The Morgan fingerprint density at radius 1 is 0.919 bits per heavy atom. The van der Waals surface area contributed by atoms with Crippen LogP contribution in [-0.2, 0) is 20.9 Å². The van der Waals surface area contributed by atoms with Crippen LogP contribution in [0.3, 0.4) is 0 Å². The number of anilines is 3. The second-order valence-electron chi connectivity index (χ2n) is 17.0. The summed E-state index contributed by atoms with van der Waals surface area (Å²) in [5, 5.41) is 17.9. The molecule has 4 aliphatic heterocycles. The topological polar surface area (TPSA) is 199 Å². The molecule has 8 rings (SSSR count). The number of piperidine rings is 3. The van der Waals surface area contributed by atoms with Gasteiger partial charge in [0, 0.05) is 68.5 Å². The lowest BCUT2D eigenvalue weighted by Crippen LogP contribution is -2.52. The van der Waals surface area contributed by atoms with E-state index in [1.807, 2.05) is 66.7 Å². The zero-order valence-electron chi connectivity index (χ0n) is 35.1. The average molecular weight is 841 g/mol. The number of rotatable bonds is 17. The summed E-state index contributed by atoms with van der Waals surface area (Å²) in [6, 6.07) is 22.5. The number of nitrogen functional groups attached to an aromatic ring is 1. The first-order valence-corrected chi connectivity index (χ1v) is 21.9. The first-order chi connectivity index (χ1) is 30.2. The molecule has 0 aliphatic carbocycles. The van der Waals surface area contributed by atoms with Crippen LogP contribution < -0.4 is 31.3 Å². The monoisotopic (exact) mass is 840 g/mol. The Kier molecular flexibility index (Phi) is 13.4. The molecule has 1 aromatic heterocycles. The number of hydrogen-bond donors (Lipinski definition) is 5. The molecule has 3 aromatic carbocycles. The minimum Gasteiger partial charge on any atom is -0.457 e. The van der Waals surface area contributed by atoms with E-state index >= 15 is 0 Å². The molecule has 2 unspecified atom stereocenters. The van der Waals surface area contributed by atoms with Gasteiger partial charge < -0.3 is 35.8 Å². The van der Waals surface area contributed by atoms with E-state index in [0.717, 1.165) is 101 Å². The second kappa shape index (κ2) is 19.6. The van der Waals surface area contributed by atoms with E-state index in [-0.39, 0.29) is 35.8 Å². The molecule has 0 saturated carbocycles. The Hall–Kier alpha value is -6.35. The van der Waals surface area contributed by atoms with Crippen molar-refractivity contribution in [3.05, 3.63) is 101 Å². The van der Waals surface area contributed by atoms with Crippen LogP contribution in [0.15, 0.2) is 79.1 Å². The van der Waals surface area contributed by atoms with Crippen LogP contribution in [0.1, 0.15) is 84.8 Å². The second-order valence-corrected chi connectivity index (χ2v) is 17.0. The van der Waals surface area contributed by atoms with Gasteiger partial charge in [-0.3, -0.25) is 29.9 Å². The van der Waals surface area contributed by atoms with Crippen LogP contribution in [0.25, 0.3) is 0 Å². The molecule has 15 nitrogen and oxygen atoms in total. The Morgan fingerprint density at radius 3 is 2.42 bits per heavy atom. The van der Waals surface area contributed by atoms with Gasteiger partial charge in [-0.25, -0.2) is 9.97 Å². The first kappa shape index (κ1) is 42.3. The third-order valence-corrected chi connectivity index (χ3v) is 13.0. The highest BCUT2D eigenvalue weighted by Gasteiger charge is 2.39. The summed E-state index contributed by atoms with van der Waals surface area (Å²) >= 11 is 0. The molecular weight excluding hydrogens is 785 g/mol. The van der Waals surface area contributed by atoms with E-state index in [1.165, 1.54) is 6.33 Å². The number of hydrogen-bond acceptors (Lipinski definition) is 12. The van der Waals surface area contributed by atoms with Crippen molar-refractivity contribution in [1.29, 1.82) is 5.41 Å². The summed E-state index contributed by atoms with van der Waals surface area (Å²) in [6.07, 6.45) is 10.00. The Balaban J connectivity index is 0.803. The number of aromatic nitrogens is 2. The maximum absolute atomic E-state index is 13.2. The lowest BCUT2D eigenvalue weighted by atomic mass is 9.84. The number of para-hydroxylation sites is 1. The van der Waals surface area contributed by atoms with Crippen molar-refractivity contribution in [3.63, 3.8) is 0 Å². The molecule has 0 bridgehead atoms. The Labute approximate surface area is 362 Å². The standard InChI is InChI=1S/C47H56N10O5/c48-43(33-6-9-38(10-7-33)62-37-4-2-1-3-5-37)42-44(49)51-29-52-45(42)53-35-18-22-55(23-19-35)21-15-31(14-20-50-30-58)26-32-16-24-56(25-17-32)36-8-11-39-34(27-36)28-57(47(39)61)40-12-13-41(59)54-46(40)60/h1-11,27,29-32,35,40,48H,12-26,28H2,(H,50,58)(H,54,59,60)(H3,49,51,52,53). The van der Waals surface area contributed by atoms with Crippen molar-refractivity contribution >= 4 is 47.2 Å². The van der Waals surface area contributed by atoms with Crippen molar-refractivity contribution in [2.75, 3.05) is 55.2 Å². The van der Waals surface area contributed by atoms with Crippen LogP contribution in [-0.4, -0.2) is 101 Å². The van der Waals surface area contributed by atoms with Gasteiger partial charge in [-0.15, -0.1) is 0 Å². The molecular formula is C47H56N10O5. The highest BCUT2D eigenvalue weighted by atomic mass is 16.5. The number of nitrogens with zero attached hydrogens (tertiary/aromatic N) is 5. The number of ether oxygens (including phenoxy) is 1. The van der Waals surface area contributed by atoms with Gasteiger partial charge in [-0.2, -0.15) is 0 Å². The molecule has 324 valence electrons. The lowest BCUT2D eigenvalue weighted by Gasteiger charge is -2.36. The van der Waals surface area contributed by atoms with Gasteiger partial charge in [-0.05, 0) is 130 Å². The summed E-state index contributed by atoms with van der Waals surface area (Å²) in [4.78, 5) is 63.8. The fourth-order valence-electron chi connectivity index (χ4n) is 9.46. The van der Waals surface area contributed by atoms with Crippen molar-refractivity contribution in [2.24, 2.45) is 11.8 Å². The molecule has 3 fully saturated rings. The fourth-order valence-corrected chi connectivity index (χ4v) is 9.46. The molecule has 0 spiro atoms. The maximum atomic E-state index is 13.2. The molecule has 0 radical (unpaired) electrons. The zero-order chi connectivity index (χ0) is 43.0. The molecule has 2 atom stereocenters. The van der Waals surface area contributed by atoms with Crippen molar-refractivity contribution in [1.82, 2.24) is 30.4 Å². The Morgan fingerprint density at radius 2 is 1.68 bits per heavy atom. The third-order valence-electron chi connectivity index (χ3n) is 13.0. The third kappa shape index (κ3) is 10.0. The quantitative estimate of drug-likeness (QED) is 0.0398. The van der Waals surface area contributed by atoms with Gasteiger partial charge in [-0.1, -0.05) is 18.2 Å². The summed E-state index contributed by atoms with van der Waals surface area (Å²) in [6.45, 7) is 5.82. The smallest absolute Gasteiger partial charge is 0.255 e. The van der Waals surface area contributed by atoms with Gasteiger partial charge in [0.05, 0.1) is 11.3 Å². The fraction of sp³-hybridized carbons (Fsp3) is 0.426. The lowest BCUT2D eigenvalue weighted by molar-refractivity contribution is -0.137. The van der Waals surface area contributed by atoms with Crippen LogP contribution in [0, 0.1) is 17.2 Å². The summed E-state index contributed by atoms with van der Waals surface area (Å²) in [5.41, 5.74) is 10.5. The maximum Gasteiger partial charge on any atom is 0.255 e. The number of carbonyl (C=O) groups excluding carboxylic acids is 4. The minimum absolute atomic E-state index is 0.149. The van der Waals surface area contributed by atoms with Gasteiger partial charge in [0.2, 0.25) is 18.2 Å². The average Bonchev–Trinajstić information content (AvgIpc) is 3.61. The van der Waals surface area contributed by atoms with Gasteiger partial charge in [0.15, 0.2) is 0 Å². The van der Waals surface area contributed by atoms with Crippen LogP contribution >= 0.6 is 0 Å². The normalized spacial score (nSPS) is 19.2. The number of amides is 4. The predicted octanol–water partition coefficient (Wildman–Crippen LogP) is 5.35. The number of carbonyl (C=O) groups is 4. The number of nitrogens with two attached hydrogens (primary N) is 1. The number of nitrogens with one attached hydrogen (secondary N) is 4. The largest absolute Gasteiger partial charge is 0.457 e. The summed E-state index contributed by atoms with van der Waals surface area (Å²) in [5.74, 6) is 2.51. The molecule has 6 N–H and O–H groups in total. The molecule has 3 saturated heterocycles. The Bertz CT molecular complexity index is 2240. The molecule has 15 heteroatoms. The molecule has 5 heterocycles. The number of benzene rings is 3. The van der Waals surface area contributed by atoms with E-state index < -0.39 is 11.9 Å². The van der Waals surface area contributed by atoms with Gasteiger partial charge in [0.1, 0.15) is 35.5 Å².